The van der Waals surface area contributed by atoms with Crippen LogP contribution in [0.5, 0.6) is 0 Å². The lowest BCUT2D eigenvalue weighted by Crippen LogP contribution is -2.26. The van der Waals surface area contributed by atoms with Crippen molar-refractivity contribution in [2.24, 2.45) is 0 Å². The quantitative estimate of drug-likeness (QED) is 0.748. The third-order valence-corrected chi connectivity index (χ3v) is 4.74. The summed E-state index contributed by atoms with van der Waals surface area (Å²) >= 11 is 1.33. The van der Waals surface area contributed by atoms with E-state index in [2.05, 4.69) is 14.9 Å². The molecule has 1 heterocycles. The monoisotopic (exact) mass is 312 g/mol. The molecule has 20 heavy (non-hydrogen) atoms. The molecule has 2 rings (SSSR count). The first-order valence-electron chi connectivity index (χ1n) is 6.14. The minimum atomic E-state index is -3.29. The lowest BCUT2D eigenvalue weighted by atomic mass is 10.2. The van der Waals surface area contributed by atoms with E-state index in [4.69, 9.17) is 5.73 Å². The molecule has 8 heteroatoms. The summed E-state index contributed by atoms with van der Waals surface area (Å²) in [6.07, 6.45) is 1.34. The van der Waals surface area contributed by atoms with Crippen molar-refractivity contribution in [3.05, 3.63) is 40.9 Å². The van der Waals surface area contributed by atoms with Gasteiger partial charge in [0.1, 0.15) is 5.01 Å². The Morgan fingerprint density at radius 3 is 2.60 bits per heavy atom. The minimum Gasteiger partial charge on any atom is -0.374 e. The summed E-state index contributed by atoms with van der Waals surface area (Å²) in [5, 5.41) is 8.85. The van der Waals surface area contributed by atoms with Gasteiger partial charge in [-0.25, -0.2) is 13.1 Å². The zero-order chi connectivity index (χ0) is 14.4. The molecule has 0 radical (unpaired) electrons. The molecule has 0 aliphatic carbocycles. The third-order valence-electron chi connectivity index (χ3n) is 2.57. The molecule has 0 amide bonds. The van der Waals surface area contributed by atoms with E-state index in [9.17, 15) is 8.42 Å². The first-order valence-corrected chi connectivity index (χ1v) is 8.61. The predicted octanol–water partition coefficient (Wildman–Crippen LogP) is 1.17. The first-order chi connectivity index (χ1) is 9.55. The molecule has 0 saturated heterocycles. The number of rotatable bonds is 7. The summed E-state index contributed by atoms with van der Waals surface area (Å²) in [6.45, 7) is 0.384. The van der Waals surface area contributed by atoms with Crippen molar-refractivity contribution in [3.63, 3.8) is 0 Å². The van der Waals surface area contributed by atoms with Crippen LogP contribution in [0.25, 0.3) is 0 Å². The highest BCUT2D eigenvalue weighted by Gasteiger charge is 2.10. The summed E-state index contributed by atoms with van der Waals surface area (Å²) in [4.78, 5) is 0. The van der Waals surface area contributed by atoms with Gasteiger partial charge in [-0.3, -0.25) is 0 Å². The molecule has 108 valence electrons. The largest absolute Gasteiger partial charge is 0.374 e. The fourth-order valence-corrected chi connectivity index (χ4v) is 3.52. The molecular weight excluding hydrogens is 296 g/mol. The van der Waals surface area contributed by atoms with Crippen LogP contribution in [-0.4, -0.2) is 25.2 Å². The van der Waals surface area contributed by atoms with E-state index in [0.717, 1.165) is 10.6 Å². The van der Waals surface area contributed by atoms with Crippen molar-refractivity contribution in [1.29, 1.82) is 0 Å². The summed E-state index contributed by atoms with van der Waals surface area (Å²) in [7, 11) is -3.29. The van der Waals surface area contributed by atoms with Crippen molar-refractivity contribution >= 4 is 26.5 Å². The van der Waals surface area contributed by atoms with E-state index < -0.39 is 10.0 Å². The Kier molecular flexibility index (Phi) is 5.05. The second kappa shape index (κ2) is 6.78. The highest BCUT2D eigenvalue weighted by Crippen LogP contribution is 2.12. The van der Waals surface area contributed by atoms with Crippen molar-refractivity contribution in [2.45, 2.75) is 18.6 Å². The van der Waals surface area contributed by atoms with Gasteiger partial charge in [0.2, 0.25) is 15.2 Å². The van der Waals surface area contributed by atoms with Crippen LogP contribution in [0.3, 0.4) is 0 Å². The Balaban J connectivity index is 1.75. The van der Waals surface area contributed by atoms with Gasteiger partial charge >= 0.3 is 0 Å². The molecule has 0 saturated carbocycles. The Hall–Kier alpha value is -1.51. The number of aryl methyl sites for hydroxylation is 1. The Labute approximate surface area is 122 Å². The summed E-state index contributed by atoms with van der Waals surface area (Å²) < 4.78 is 26.3. The average molecular weight is 312 g/mol. The maximum atomic E-state index is 11.9. The number of hydrogen-bond donors (Lipinski definition) is 2. The van der Waals surface area contributed by atoms with Gasteiger partial charge in [-0.2, -0.15) is 0 Å². The van der Waals surface area contributed by atoms with Crippen LogP contribution in [0.4, 0.5) is 5.13 Å². The molecule has 0 spiro atoms. The van der Waals surface area contributed by atoms with Crippen LogP contribution in [0, 0.1) is 0 Å². The molecule has 0 aliphatic rings. The minimum absolute atomic E-state index is 0.000401. The Morgan fingerprint density at radius 2 is 1.95 bits per heavy atom. The maximum absolute atomic E-state index is 11.9. The van der Waals surface area contributed by atoms with Crippen molar-refractivity contribution < 1.29 is 8.42 Å². The van der Waals surface area contributed by atoms with Gasteiger partial charge in [0, 0.05) is 13.0 Å². The molecule has 0 unspecified atom stereocenters. The summed E-state index contributed by atoms with van der Waals surface area (Å²) in [5.41, 5.74) is 6.25. The first kappa shape index (κ1) is 14.9. The van der Waals surface area contributed by atoms with Crippen LogP contribution < -0.4 is 10.5 Å². The average Bonchev–Trinajstić information content (AvgIpc) is 2.81. The van der Waals surface area contributed by atoms with Gasteiger partial charge in [-0.05, 0) is 12.0 Å². The molecule has 0 aliphatic heterocycles. The number of hydrogen-bond acceptors (Lipinski definition) is 6. The smallest absolute Gasteiger partial charge is 0.215 e. The van der Waals surface area contributed by atoms with E-state index >= 15 is 0 Å². The number of aromatic nitrogens is 2. The van der Waals surface area contributed by atoms with Gasteiger partial charge in [-0.1, -0.05) is 41.7 Å². The van der Waals surface area contributed by atoms with Gasteiger partial charge in [-0.15, -0.1) is 10.2 Å². The van der Waals surface area contributed by atoms with Crippen molar-refractivity contribution in [2.75, 3.05) is 12.3 Å². The fourth-order valence-electron chi connectivity index (χ4n) is 1.68. The summed E-state index contributed by atoms with van der Waals surface area (Å²) in [5.74, 6) is -0.000401. The Morgan fingerprint density at radius 1 is 1.20 bits per heavy atom. The van der Waals surface area contributed by atoms with E-state index in [-0.39, 0.29) is 5.75 Å². The SMILES string of the molecule is Nc1nnc(CCCNS(=O)(=O)Cc2ccccc2)s1. The van der Waals surface area contributed by atoms with Crippen LogP contribution in [0.15, 0.2) is 30.3 Å². The lowest BCUT2D eigenvalue weighted by Gasteiger charge is -2.06. The molecule has 2 aromatic rings. The molecule has 0 bridgehead atoms. The third kappa shape index (κ3) is 4.87. The Bertz CT molecular complexity index is 640. The number of nitrogen functional groups attached to an aromatic ring is 1. The van der Waals surface area contributed by atoms with Gasteiger partial charge < -0.3 is 5.73 Å². The van der Waals surface area contributed by atoms with Crippen molar-refractivity contribution in [3.8, 4) is 0 Å². The molecule has 3 N–H and O–H groups in total. The molecule has 6 nitrogen and oxygen atoms in total. The standard InChI is InChI=1S/C12H16N4O2S2/c13-12-16-15-11(19-12)7-4-8-14-20(17,18)9-10-5-2-1-3-6-10/h1-3,5-6,14H,4,7-9H2,(H2,13,16). The number of anilines is 1. The fraction of sp³-hybridized carbons (Fsp3) is 0.333. The van der Waals surface area contributed by atoms with Gasteiger partial charge in [0.15, 0.2) is 0 Å². The van der Waals surface area contributed by atoms with E-state index in [1.54, 1.807) is 12.1 Å². The maximum Gasteiger partial charge on any atom is 0.215 e. The van der Waals surface area contributed by atoms with Crippen LogP contribution in [0.2, 0.25) is 0 Å². The van der Waals surface area contributed by atoms with E-state index in [1.807, 2.05) is 18.2 Å². The second-order valence-corrected chi connectivity index (χ2v) is 7.18. The normalized spacial score (nSPS) is 11.6. The molecule has 1 aromatic carbocycles. The van der Waals surface area contributed by atoms with Gasteiger partial charge in [0.25, 0.3) is 0 Å². The number of nitrogens with two attached hydrogens (primary N) is 1. The van der Waals surface area contributed by atoms with Crippen LogP contribution in [0.1, 0.15) is 17.0 Å². The zero-order valence-corrected chi connectivity index (χ0v) is 12.5. The molecule has 1 aromatic heterocycles. The number of nitrogens with one attached hydrogen (secondary N) is 1. The number of sulfonamides is 1. The number of benzene rings is 1. The van der Waals surface area contributed by atoms with E-state index in [0.29, 0.717) is 24.5 Å². The van der Waals surface area contributed by atoms with Gasteiger partial charge in [0.05, 0.1) is 5.75 Å². The lowest BCUT2D eigenvalue weighted by molar-refractivity contribution is 0.578. The molecular formula is C12H16N4O2S2. The van der Waals surface area contributed by atoms with Crippen LogP contribution >= 0.6 is 11.3 Å². The number of nitrogens with zero attached hydrogens (tertiary/aromatic N) is 2. The predicted molar refractivity (Wildman–Crippen MR) is 79.7 cm³/mol. The van der Waals surface area contributed by atoms with Crippen LogP contribution in [-0.2, 0) is 22.2 Å². The highest BCUT2D eigenvalue weighted by molar-refractivity contribution is 7.88. The second-order valence-electron chi connectivity index (χ2n) is 4.28. The molecule has 0 fully saturated rings. The zero-order valence-electron chi connectivity index (χ0n) is 10.8. The van der Waals surface area contributed by atoms with Crippen molar-refractivity contribution in [1.82, 2.24) is 14.9 Å². The van der Waals surface area contributed by atoms with E-state index in [1.165, 1.54) is 11.3 Å². The molecule has 0 atom stereocenters. The highest BCUT2D eigenvalue weighted by atomic mass is 32.2. The topological polar surface area (TPSA) is 98.0 Å². The summed E-state index contributed by atoms with van der Waals surface area (Å²) in [6, 6.07) is 9.10.